The van der Waals surface area contributed by atoms with E-state index in [0.717, 1.165) is 0 Å². The molecule has 0 aromatic heterocycles. The number of hydrogen-bond acceptors (Lipinski definition) is 4. The van der Waals surface area contributed by atoms with Gasteiger partial charge in [-0.2, -0.15) is 4.72 Å². The molecule has 1 aliphatic rings. The molecule has 0 bridgehead atoms. The molecule has 0 spiro atoms. The van der Waals surface area contributed by atoms with Crippen LogP contribution in [0.2, 0.25) is 5.02 Å². The number of carbonyl (C=O) groups is 1. The van der Waals surface area contributed by atoms with E-state index >= 15 is 0 Å². The van der Waals surface area contributed by atoms with Crippen molar-refractivity contribution in [2.75, 3.05) is 18.6 Å². The van der Waals surface area contributed by atoms with Gasteiger partial charge < -0.3 is 9.64 Å². The van der Waals surface area contributed by atoms with E-state index < -0.39 is 16.1 Å². The molecular formula is C17H17ClN2O4S. The van der Waals surface area contributed by atoms with Gasteiger partial charge in [-0.05, 0) is 48.9 Å². The maximum absolute atomic E-state index is 12.6. The van der Waals surface area contributed by atoms with Crippen LogP contribution < -0.4 is 14.4 Å². The molecule has 0 saturated carbocycles. The molecule has 0 unspecified atom stereocenters. The summed E-state index contributed by atoms with van der Waals surface area (Å²) in [7, 11) is -2.25. The van der Waals surface area contributed by atoms with E-state index in [2.05, 4.69) is 4.72 Å². The van der Waals surface area contributed by atoms with Crippen molar-refractivity contribution in [2.45, 2.75) is 17.4 Å². The Morgan fingerprint density at radius 2 is 1.92 bits per heavy atom. The predicted molar refractivity (Wildman–Crippen MR) is 95.5 cm³/mol. The molecule has 1 fully saturated rings. The van der Waals surface area contributed by atoms with Crippen LogP contribution in [0.5, 0.6) is 5.75 Å². The van der Waals surface area contributed by atoms with Crippen LogP contribution in [0.4, 0.5) is 5.69 Å². The fourth-order valence-corrected chi connectivity index (χ4v) is 4.22. The van der Waals surface area contributed by atoms with Crippen molar-refractivity contribution in [3.63, 3.8) is 0 Å². The number of amides is 1. The molecule has 6 nitrogen and oxygen atoms in total. The van der Waals surface area contributed by atoms with Crippen molar-refractivity contribution in [1.29, 1.82) is 0 Å². The highest BCUT2D eigenvalue weighted by atomic mass is 35.5. The minimum atomic E-state index is -3.82. The third-order valence-electron chi connectivity index (χ3n) is 3.99. The molecule has 2 aromatic carbocycles. The first kappa shape index (κ1) is 17.7. The van der Waals surface area contributed by atoms with Gasteiger partial charge in [-0.1, -0.05) is 17.7 Å². The first-order valence-electron chi connectivity index (χ1n) is 7.64. The Morgan fingerprint density at radius 3 is 2.56 bits per heavy atom. The van der Waals surface area contributed by atoms with Gasteiger partial charge in [0.15, 0.2) is 0 Å². The van der Waals surface area contributed by atoms with Crippen LogP contribution in [0.25, 0.3) is 0 Å². The van der Waals surface area contributed by atoms with Crippen LogP contribution in [0.1, 0.15) is 6.42 Å². The number of halogens is 1. The molecule has 1 N–H and O–H groups in total. The Labute approximate surface area is 151 Å². The third-order valence-corrected chi connectivity index (χ3v) is 5.70. The molecule has 1 amide bonds. The van der Waals surface area contributed by atoms with Gasteiger partial charge in [0.1, 0.15) is 11.8 Å². The van der Waals surface area contributed by atoms with Crippen molar-refractivity contribution in [2.24, 2.45) is 0 Å². The first-order valence-corrected chi connectivity index (χ1v) is 9.50. The van der Waals surface area contributed by atoms with Crippen molar-refractivity contribution >= 4 is 33.2 Å². The summed E-state index contributed by atoms with van der Waals surface area (Å²) in [5, 5.41) is 0.320. The fraction of sp³-hybridized carbons (Fsp3) is 0.235. The topological polar surface area (TPSA) is 75.7 Å². The lowest BCUT2D eigenvalue weighted by Gasteiger charge is -2.17. The fourth-order valence-electron chi connectivity index (χ4n) is 2.70. The number of sulfonamides is 1. The van der Waals surface area contributed by atoms with Gasteiger partial charge in [-0.25, -0.2) is 8.42 Å². The minimum Gasteiger partial charge on any atom is -0.497 e. The maximum atomic E-state index is 12.6. The highest BCUT2D eigenvalue weighted by molar-refractivity contribution is 7.89. The number of anilines is 1. The van der Waals surface area contributed by atoms with Crippen molar-refractivity contribution in [1.82, 2.24) is 4.72 Å². The van der Waals surface area contributed by atoms with Gasteiger partial charge in [0, 0.05) is 17.3 Å². The van der Waals surface area contributed by atoms with Crippen LogP contribution in [0.3, 0.4) is 0 Å². The monoisotopic (exact) mass is 380 g/mol. The summed E-state index contributed by atoms with van der Waals surface area (Å²) >= 11 is 5.85. The molecule has 25 heavy (non-hydrogen) atoms. The highest BCUT2D eigenvalue weighted by Gasteiger charge is 2.35. The van der Waals surface area contributed by atoms with Crippen LogP contribution in [-0.4, -0.2) is 34.0 Å². The zero-order chi connectivity index (χ0) is 18.0. The highest BCUT2D eigenvalue weighted by Crippen LogP contribution is 2.25. The van der Waals surface area contributed by atoms with Crippen LogP contribution in [0, 0.1) is 0 Å². The SMILES string of the molecule is COc1ccc(N2CC[C@H](NS(=O)(=O)c3cccc(Cl)c3)C2=O)cc1. The molecule has 1 aliphatic heterocycles. The Balaban J connectivity index is 1.75. The van der Waals surface area contributed by atoms with Crippen molar-refractivity contribution in [3.8, 4) is 5.75 Å². The summed E-state index contributed by atoms with van der Waals surface area (Å²) < 4.78 is 32.5. The summed E-state index contributed by atoms with van der Waals surface area (Å²) in [6.45, 7) is 0.438. The molecule has 3 rings (SSSR count). The van der Waals surface area contributed by atoms with Gasteiger partial charge in [0.2, 0.25) is 15.9 Å². The van der Waals surface area contributed by atoms with E-state index in [1.54, 1.807) is 48.4 Å². The number of carbonyl (C=O) groups excluding carboxylic acids is 1. The molecular weight excluding hydrogens is 364 g/mol. The lowest BCUT2D eigenvalue weighted by Crippen LogP contribution is -2.41. The number of nitrogens with zero attached hydrogens (tertiary/aromatic N) is 1. The summed E-state index contributed by atoms with van der Waals surface area (Å²) in [5.41, 5.74) is 0.704. The standard InChI is InChI=1S/C17H17ClN2O4S/c1-24-14-7-5-13(6-8-14)20-10-9-16(17(20)21)19-25(22,23)15-4-2-3-12(18)11-15/h2-8,11,16,19H,9-10H2,1H3/t16-/m0/s1. The Hall–Kier alpha value is -2.09. The Kier molecular flexibility index (Phi) is 4.99. The number of ether oxygens (including phenoxy) is 1. The van der Waals surface area contributed by atoms with Gasteiger partial charge >= 0.3 is 0 Å². The van der Waals surface area contributed by atoms with Crippen LogP contribution in [-0.2, 0) is 14.8 Å². The van der Waals surface area contributed by atoms with E-state index in [-0.39, 0.29) is 10.8 Å². The summed E-state index contributed by atoms with van der Waals surface area (Å²) in [4.78, 5) is 14.2. The number of nitrogens with one attached hydrogen (secondary N) is 1. The largest absolute Gasteiger partial charge is 0.497 e. The second-order valence-electron chi connectivity index (χ2n) is 5.61. The van der Waals surface area contributed by atoms with Gasteiger partial charge in [-0.3, -0.25) is 4.79 Å². The summed E-state index contributed by atoms with van der Waals surface area (Å²) in [6, 6.07) is 12.2. The molecule has 132 valence electrons. The van der Waals surface area contributed by atoms with Gasteiger partial charge in [0.25, 0.3) is 0 Å². The number of hydrogen-bond donors (Lipinski definition) is 1. The van der Waals surface area contributed by atoms with Crippen molar-refractivity contribution < 1.29 is 17.9 Å². The summed E-state index contributed by atoms with van der Waals surface area (Å²) in [5.74, 6) is 0.407. The maximum Gasteiger partial charge on any atom is 0.245 e. The average molecular weight is 381 g/mol. The average Bonchev–Trinajstić information content (AvgIpc) is 2.95. The summed E-state index contributed by atoms with van der Waals surface area (Å²) in [6.07, 6.45) is 0.394. The normalized spacial score (nSPS) is 17.8. The van der Waals surface area contributed by atoms with Gasteiger partial charge in [0.05, 0.1) is 12.0 Å². The minimum absolute atomic E-state index is 0.0377. The zero-order valence-corrected chi connectivity index (χ0v) is 15.0. The molecule has 0 radical (unpaired) electrons. The number of rotatable bonds is 5. The molecule has 2 aromatic rings. The number of methoxy groups -OCH3 is 1. The number of benzene rings is 2. The lowest BCUT2D eigenvalue weighted by molar-refractivity contribution is -0.118. The van der Waals surface area contributed by atoms with E-state index in [1.807, 2.05) is 0 Å². The Bertz CT molecular complexity index is 884. The second-order valence-corrected chi connectivity index (χ2v) is 7.76. The van der Waals surface area contributed by atoms with E-state index in [0.29, 0.717) is 29.4 Å². The predicted octanol–water partition coefficient (Wildman–Crippen LogP) is 2.43. The molecule has 8 heteroatoms. The van der Waals surface area contributed by atoms with E-state index in [1.165, 1.54) is 12.1 Å². The van der Waals surface area contributed by atoms with E-state index in [4.69, 9.17) is 16.3 Å². The van der Waals surface area contributed by atoms with E-state index in [9.17, 15) is 13.2 Å². The smallest absolute Gasteiger partial charge is 0.245 e. The molecule has 1 saturated heterocycles. The van der Waals surface area contributed by atoms with Crippen molar-refractivity contribution in [3.05, 3.63) is 53.6 Å². The molecule has 0 aliphatic carbocycles. The lowest BCUT2D eigenvalue weighted by atomic mass is 10.2. The first-order chi connectivity index (χ1) is 11.9. The quantitative estimate of drug-likeness (QED) is 0.864. The van der Waals surface area contributed by atoms with Crippen LogP contribution >= 0.6 is 11.6 Å². The molecule has 1 heterocycles. The van der Waals surface area contributed by atoms with Gasteiger partial charge in [-0.15, -0.1) is 0 Å². The third kappa shape index (κ3) is 3.78. The molecule has 1 atom stereocenters. The zero-order valence-electron chi connectivity index (χ0n) is 13.5. The Morgan fingerprint density at radius 1 is 1.20 bits per heavy atom. The van der Waals surface area contributed by atoms with Crippen LogP contribution in [0.15, 0.2) is 53.4 Å². The second kappa shape index (κ2) is 7.03.